The average Bonchev–Trinajstić information content (AvgIpc) is 2.38. The zero-order chi connectivity index (χ0) is 14.3. The quantitative estimate of drug-likeness (QED) is 0.773. The second kappa shape index (κ2) is 8.18. The molecule has 1 fully saturated rings. The number of amides is 1. The Balaban J connectivity index is 2.27. The molecule has 0 radical (unpaired) electrons. The van der Waals surface area contributed by atoms with Crippen LogP contribution in [0.4, 0.5) is 0 Å². The molecule has 0 bridgehead atoms. The minimum Gasteiger partial charge on any atom is -0.481 e. The summed E-state index contributed by atoms with van der Waals surface area (Å²) in [5, 5.41) is 8.59. The van der Waals surface area contributed by atoms with Crippen LogP contribution in [0, 0.1) is 11.8 Å². The zero-order valence-corrected chi connectivity index (χ0v) is 12.2. The van der Waals surface area contributed by atoms with E-state index in [1.54, 1.807) is 11.9 Å². The molecule has 1 saturated carbocycles. The highest BCUT2D eigenvalue weighted by Gasteiger charge is 2.22. The summed E-state index contributed by atoms with van der Waals surface area (Å²) in [7, 11) is 1.78. The van der Waals surface area contributed by atoms with Crippen molar-refractivity contribution in [3.63, 3.8) is 0 Å². The Kier molecular flexibility index (Phi) is 6.89. The Hall–Kier alpha value is -1.06. The van der Waals surface area contributed by atoms with Crippen LogP contribution in [0.5, 0.6) is 0 Å². The number of carbonyl (C=O) groups is 2. The molecule has 0 heterocycles. The molecule has 1 N–H and O–H groups in total. The van der Waals surface area contributed by atoms with Gasteiger partial charge < -0.3 is 10.0 Å². The third-order valence-electron chi connectivity index (χ3n) is 4.09. The summed E-state index contributed by atoms with van der Waals surface area (Å²) in [6.07, 6.45) is 8.14. The largest absolute Gasteiger partial charge is 0.481 e. The summed E-state index contributed by atoms with van der Waals surface area (Å²) in [5.74, 6) is 0.144. The van der Waals surface area contributed by atoms with E-state index < -0.39 is 5.97 Å². The Morgan fingerprint density at radius 3 is 2.47 bits per heavy atom. The number of aliphatic carboxylic acids is 1. The minimum atomic E-state index is -0.795. The SMILES string of the molecule is CC(CC1CCCCC1)C(=O)N(C)CCCC(=O)O. The van der Waals surface area contributed by atoms with Gasteiger partial charge in [-0.05, 0) is 18.8 Å². The second-order valence-corrected chi connectivity index (χ2v) is 5.90. The molecule has 1 atom stereocenters. The molecule has 110 valence electrons. The van der Waals surface area contributed by atoms with Crippen LogP contribution in [0.3, 0.4) is 0 Å². The average molecular weight is 269 g/mol. The van der Waals surface area contributed by atoms with E-state index in [4.69, 9.17) is 5.11 Å². The van der Waals surface area contributed by atoms with Gasteiger partial charge in [-0.25, -0.2) is 0 Å². The van der Waals surface area contributed by atoms with Gasteiger partial charge >= 0.3 is 5.97 Å². The van der Waals surface area contributed by atoms with Gasteiger partial charge in [0.2, 0.25) is 5.91 Å². The number of carbonyl (C=O) groups excluding carboxylic acids is 1. The van der Waals surface area contributed by atoms with Gasteiger partial charge in [0.05, 0.1) is 0 Å². The van der Waals surface area contributed by atoms with Crippen LogP contribution in [0.2, 0.25) is 0 Å². The lowest BCUT2D eigenvalue weighted by atomic mass is 9.83. The maximum Gasteiger partial charge on any atom is 0.303 e. The van der Waals surface area contributed by atoms with Crippen molar-refractivity contribution in [2.75, 3.05) is 13.6 Å². The van der Waals surface area contributed by atoms with Crippen LogP contribution < -0.4 is 0 Å². The van der Waals surface area contributed by atoms with Gasteiger partial charge in [0.15, 0.2) is 0 Å². The highest BCUT2D eigenvalue weighted by molar-refractivity contribution is 5.78. The van der Waals surface area contributed by atoms with Gasteiger partial charge in [-0.2, -0.15) is 0 Å². The molecule has 1 rings (SSSR count). The summed E-state index contributed by atoms with van der Waals surface area (Å²) in [6, 6.07) is 0. The van der Waals surface area contributed by atoms with Crippen LogP contribution >= 0.6 is 0 Å². The Labute approximate surface area is 116 Å². The highest BCUT2D eigenvalue weighted by Crippen LogP contribution is 2.29. The summed E-state index contributed by atoms with van der Waals surface area (Å²) in [4.78, 5) is 24.3. The summed E-state index contributed by atoms with van der Waals surface area (Å²) in [6.45, 7) is 2.55. The van der Waals surface area contributed by atoms with Crippen LogP contribution in [0.1, 0.15) is 58.3 Å². The normalized spacial score (nSPS) is 18.0. The van der Waals surface area contributed by atoms with Gasteiger partial charge in [0, 0.05) is 25.9 Å². The first kappa shape index (κ1) is 16.0. The van der Waals surface area contributed by atoms with E-state index in [0.717, 1.165) is 6.42 Å². The standard InChI is InChI=1S/C15H27NO3/c1-12(11-13-7-4-3-5-8-13)15(19)16(2)10-6-9-14(17)18/h12-13H,3-11H2,1-2H3,(H,17,18). The lowest BCUT2D eigenvalue weighted by molar-refractivity contribution is -0.138. The molecule has 19 heavy (non-hydrogen) atoms. The van der Waals surface area contributed by atoms with Gasteiger partial charge in [0.25, 0.3) is 0 Å². The fourth-order valence-electron chi connectivity index (χ4n) is 2.98. The first-order valence-corrected chi connectivity index (χ1v) is 7.47. The molecule has 1 aliphatic rings. The fourth-order valence-corrected chi connectivity index (χ4v) is 2.98. The van der Waals surface area contributed by atoms with E-state index in [-0.39, 0.29) is 18.2 Å². The van der Waals surface area contributed by atoms with Crippen molar-refractivity contribution in [2.45, 2.75) is 58.3 Å². The monoisotopic (exact) mass is 269 g/mol. The molecule has 0 saturated heterocycles. The fraction of sp³-hybridized carbons (Fsp3) is 0.867. The third kappa shape index (κ3) is 6.08. The van der Waals surface area contributed by atoms with Crippen molar-refractivity contribution in [1.82, 2.24) is 4.90 Å². The van der Waals surface area contributed by atoms with E-state index in [0.29, 0.717) is 18.9 Å². The summed E-state index contributed by atoms with van der Waals surface area (Å²) < 4.78 is 0. The van der Waals surface area contributed by atoms with Crippen molar-refractivity contribution in [3.8, 4) is 0 Å². The molecule has 0 aromatic carbocycles. The lowest BCUT2D eigenvalue weighted by Crippen LogP contribution is -2.33. The van der Waals surface area contributed by atoms with Crippen molar-refractivity contribution < 1.29 is 14.7 Å². The molecule has 1 amide bonds. The smallest absolute Gasteiger partial charge is 0.303 e. The number of carboxylic acid groups (broad SMARTS) is 1. The van der Waals surface area contributed by atoms with E-state index >= 15 is 0 Å². The van der Waals surface area contributed by atoms with Gasteiger partial charge in [-0.15, -0.1) is 0 Å². The maximum absolute atomic E-state index is 12.2. The topological polar surface area (TPSA) is 57.6 Å². The molecular weight excluding hydrogens is 242 g/mol. The van der Waals surface area contributed by atoms with Crippen LogP contribution in [-0.2, 0) is 9.59 Å². The number of nitrogens with zero attached hydrogens (tertiary/aromatic N) is 1. The van der Waals surface area contributed by atoms with Crippen LogP contribution in [0.25, 0.3) is 0 Å². The first-order chi connectivity index (χ1) is 9.00. The predicted octanol–water partition coefficient (Wildman–Crippen LogP) is 2.92. The van der Waals surface area contributed by atoms with Crippen LogP contribution in [-0.4, -0.2) is 35.5 Å². The van der Waals surface area contributed by atoms with Crippen molar-refractivity contribution in [3.05, 3.63) is 0 Å². The predicted molar refractivity (Wildman–Crippen MR) is 74.9 cm³/mol. The minimum absolute atomic E-state index is 0.0675. The number of hydrogen-bond donors (Lipinski definition) is 1. The van der Waals surface area contributed by atoms with E-state index in [1.165, 1.54) is 32.1 Å². The van der Waals surface area contributed by atoms with Crippen LogP contribution in [0.15, 0.2) is 0 Å². The zero-order valence-electron chi connectivity index (χ0n) is 12.2. The Morgan fingerprint density at radius 1 is 1.26 bits per heavy atom. The molecule has 0 aromatic rings. The highest BCUT2D eigenvalue weighted by atomic mass is 16.4. The van der Waals surface area contributed by atoms with E-state index in [9.17, 15) is 9.59 Å². The van der Waals surface area contributed by atoms with E-state index in [1.807, 2.05) is 6.92 Å². The molecule has 4 heteroatoms. The van der Waals surface area contributed by atoms with Gasteiger partial charge in [-0.1, -0.05) is 39.0 Å². The summed E-state index contributed by atoms with van der Waals surface area (Å²) in [5.41, 5.74) is 0. The molecule has 0 spiro atoms. The number of carboxylic acids is 1. The third-order valence-corrected chi connectivity index (χ3v) is 4.09. The first-order valence-electron chi connectivity index (χ1n) is 7.47. The Morgan fingerprint density at radius 2 is 1.89 bits per heavy atom. The maximum atomic E-state index is 12.2. The van der Waals surface area contributed by atoms with Crippen molar-refractivity contribution in [2.24, 2.45) is 11.8 Å². The second-order valence-electron chi connectivity index (χ2n) is 5.90. The number of rotatable bonds is 7. The van der Waals surface area contributed by atoms with Crippen molar-refractivity contribution in [1.29, 1.82) is 0 Å². The summed E-state index contributed by atoms with van der Waals surface area (Å²) >= 11 is 0. The van der Waals surface area contributed by atoms with E-state index in [2.05, 4.69) is 0 Å². The molecule has 1 aliphatic carbocycles. The van der Waals surface area contributed by atoms with Gasteiger partial charge in [0.1, 0.15) is 0 Å². The molecule has 0 aromatic heterocycles. The van der Waals surface area contributed by atoms with Gasteiger partial charge in [-0.3, -0.25) is 9.59 Å². The Bertz CT molecular complexity index is 298. The molecule has 4 nitrogen and oxygen atoms in total. The lowest BCUT2D eigenvalue weighted by Gasteiger charge is -2.27. The van der Waals surface area contributed by atoms with Crippen molar-refractivity contribution >= 4 is 11.9 Å². The number of hydrogen-bond acceptors (Lipinski definition) is 2. The molecule has 0 aliphatic heterocycles. The molecule has 1 unspecified atom stereocenters. The molecular formula is C15H27NO3.